The predicted octanol–water partition coefficient (Wildman–Crippen LogP) is 1.89. The minimum absolute atomic E-state index is 0.0363. The Morgan fingerprint density at radius 2 is 2.04 bits per heavy atom. The first-order valence-corrected chi connectivity index (χ1v) is 8.84. The van der Waals surface area contributed by atoms with E-state index < -0.39 is 5.41 Å². The lowest BCUT2D eigenvalue weighted by atomic mass is 9.80. The Morgan fingerprint density at radius 3 is 2.75 bits per heavy atom. The second-order valence-electron chi connectivity index (χ2n) is 7.82. The van der Waals surface area contributed by atoms with Crippen molar-refractivity contribution in [1.82, 2.24) is 0 Å². The average Bonchev–Trinajstić information content (AvgIpc) is 3.12. The average molecular weight is 338 g/mol. The second kappa shape index (κ2) is 6.47. The highest BCUT2D eigenvalue weighted by atomic mass is 16.6. The van der Waals surface area contributed by atoms with Gasteiger partial charge in [-0.25, -0.2) is 0 Å². The van der Waals surface area contributed by atoms with Gasteiger partial charge in [-0.3, -0.25) is 14.4 Å². The van der Waals surface area contributed by atoms with Crippen LogP contribution in [0.15, 0.2) is 0 Å². The van der Waals surface area contributed by atoms with Crippen molar-refractivity contribution in [1.29, 1.82) is 0 Å². The smallest absolute Gasteiger partial charge is 0.311 e. The molecule has 2 saturated carbocycles. The van der Waals surface area contributed by atoms with E-state index in [1.807, 2.05) is 20.8 Å². The molecule has 0 radical (unpaired) electrons. The van der Waals surface area contributed by atoms with Crippen molar-refractivity contribution in [2.24, 2.45) is 23.2 Å². The Labute approximate surface area is 142 Å². The van der Waals surface area contributed by atoms with E-state index in [-0.39, 0.29) is 67.3 Å². The number of esters is 2. The zero-order valence-electron chi connectivity index (χ0n) is 14.6. The molecule has 3 aliphatic rings. The van der Waals surface area contributed by atoms with Gasteiger partial charge in [-0.2, -0.15) is 0 Å². The van der Waals surface area contributed by atoms with Crippen molar-refractivity contribution in [3.05, 3.63) is 0 Å². The van der Waals surface area contributed by atoms with E-state index >= 15 is 0 Å². The van der Waals surface area contributed by atoms with Gasteiger partial charge in [-0.1, -0.05) is 6.92 Å². The van der Waals surface area contributed by atoms with Gasteiger partial charge in [-0.15, -0.1) is 0 Å². The molecule has 0 aromatic heterocycles. The van der Waals surface area contributed by atoms with E-state index in [9.17, 15) is 14.4 Å². The third kappa shape index (κ3) is 3.08. The van der Waals surface area contributed by atoms with Gasteiger partial charge in [0.05, 0.1) is 17.9 Å². The lowest BCUT2D eigenvalue weighted by Gasteiger charge is -2.38. The summed E-state index contributed by atoms with van der Waals surface area (Å²) in [5, 5.41) is 0. The van der Waals surface area contributed by atoms with Gasteiger partial charge in [0.2, 0.25) is 0 Å². The largest absolute Gasteiger partial charge is 0.465 e. The number of ether oxygens (including phenoxy) is 3. The van der Waals surface area contributed by atoms with Crippen molar-refractivity contribution < 1.29 is 28.6 Å². The number of rotatable bonds is 6. The van der Waals surface area contributed by atoms with Crippen LogP contribution in [0.4, 0.5) is 0 Å². The van der Waals surface area contributed by atoms with Crippen LogP contribution in [0, 0.1) is 23.2 Å². The summed E-state index contributed by atoms with van der Waals surface area (Å²) in [6.07, 6.45) is 2.04. The molecule has 134 valence electrons. The number of hydrogen-bond acceptors (Lipinski definition) is 6. The molecule has 6 heteroatoms. The van der Waals surface area contributed by atoms with Crippen molar-refractivity contribution in [3.63, 3.8) is 0 Å². The molecule has 1 saturated heterocycles. The molecule has 0 N–H and O–H groups in total. The highest BCUT2D eigenvalue weighted by molar-refractivity contribution is 5.84. The van der Waals surface area contributed by atoms with Crippen LogP contribution in [0.3, 0.4) is 0 Å². The van der Waals surface area contributed by atoms with Gasteiger partial charge in [0.15, 0.2) is 5.78 Å². The van der Waals surface area contributed by atoms with Gasteiger partial charge >= 0.3 is 11.9 Å². The maximum atomic E-state index is 12.1. The van der Waals surface area contributed by atoms with Crippen LogP contribution < -0.4 is 0 Å². The molecule has 3 fully saturated rings. The lowest BCUT2D eigenvalue weighted by Crippen LogP contribution is -2.49. The van der Waals surface area contributed by atoms with Crippen LogP contribution >= 0.6 is 0 Å². The van der Waals surface area contributed by atoms with E-state index in [1.165, 1.54) is 0 Å². The lowest BCUT2D eigenvalue weighted by molar-refractivity contribution is -0.175. The SMILES string of the molecule is CCC(C)(C)C(=O)OCCC(=O)OC1C2CC3C(=O)COC1C3C2. The molecule has 0 aromatic carbocycles. The summed E-state index contributed by atoms with van der Waals surface area (Å²) < 4.78 is 16.4. The maximum Gasteiger partial charge on any atom is 0.311 e. The number of Topliss-reactive ketones (excluding diaryl/α,β-unsaturated/α-hetero) is 1. The quantitative estimate of drug-likeness (QED) is 0.688. The highest BCUT2D eigenvalue weighted by Gasteiger charge is 2.59. The second-order valence-corrected chi connectivity index (χ2v) is 7.82. The standard InChI is InChI=1S/C18H26O6/c1-4-18(2,3)17(21)22-6-5-14(20)24-15-10-7-11-12(8-10)16(15)23-9-13(11)19/h10-12,15-16H,4-9H2,1-3H3. The molecular formula is C18H26O6. The fourth-order valence-corrected chi connectivity index (χ4v) is 4.07. The summed E-state index contributed by atoms with van der Waals surface area (Å²) in [5.41, 5.74) is -0.536. The third-order valence-electron chi connectivity index (χ3n) is 5.93. The number of fused-ring (bicyclic) bond motifs is 1. The van der Waals surface area contributed by atoms with Gasteiger partial charge in [0, 0.05) is 5.92 Å². The molecule has 24 heavy (non-hydrogen) atoms. The number of hydrogen-bond donors (Lipinski definition) is 0. The Bertz CT molecular complexity index is 540. The number of carbonyl (C=O) groups excluding carboxylic acids is 3. The van der Waals surface area contributed by atoms with Crippen LogP contribution in [0.1, 0.15) is 46.5 Å². The number of carbonyl (C=O) groups is 3. The summed E-state index contributed by atoms with van der Waals surface area (Å²) in [6, 6.07) is 0. The molecule has 3 rings (SSSR count). The molecule has 0 aromatic rings. The van der Waals surface area contributed by atoms with Crippen LogP contribution in [0.2, 0.25) is 0 Å². The van der Waals surface area contributed by atoms with Crippen LogP contribution in [-0.2, 0) is 28.6 Å². The van der Waals surface area contributed by atoms with Crippen LogP contribution in [0.5, 0.6) is 0 Å². The first-order valence-electron chi connectivity index (χ1n) is 8.84. The molecular weight excluding hydrogens is 312 g/mol. The Hall–Kier alpha value is -1.43. The van der Waals surface area contributed by atoms with Gasteiger partial charge < -0.3 is 14.2 Å². The van der Waals surface area contributed by atoms with Crippen molar-refractivity contribution in [2.75, 3.05) is 13.2 Å². The fourth-order valence-electron chi connectivity index (χ4n) is 4.07. The van der Waals surface area contributed by atoms with E-state index in [2.05, 4.69) is 0 Å². The van der Waals surface area contributed by atoms with Crippen molar-refractivity contribution in [2.45, 2.75) is 58.7 Å². The van der Waals surface area contributed by atoms with E-state index in [1.54, 1.807) is 0 Å². The fraction of sp³-hybridized carbons (Fsp3) is 0.833. The first kappa shape index (κ1) is 17.4. The molecule has 5 atom stereocenters. The predicted molar refractivity (Wildman–Crippen MR) is 84.0 cm³/mol. The molecule has 2 bridgehead atoms. The molecule has 1 aliphatic heterocycles. The van der Waals surface area contributed by atoms with Crippen molar-refractivity contribution in [3.8, 4) is 0 Å². The van der Waals surface area contributed by atoms with Gasteiger partial charge in [0.1, 0.15) is 19.3 Å². The summed E-state index contributed by atoms with van der Waals surface area (Å²) in [5.74, 6) is 0.0494. The topological polar surface area (TPSA) is 78.9 Å². The summed E-state index contributed by atoms with van der Waals surface area (Å²) >= 11 is 0. The summed E-state index contributed by atoms with van der Waals surface area (Å²) in [7, 11) is 0. The number of ketones is 1. The molecule has 1 heterocycles. The van der Waals surface area contributed by atoms with Gasteiger partial charge in [-0.05, 0) is 44.9 Å². The zero-order valence-corrected chi connectivity index (χ0v) is 14.6. The van der Waals surface area contributed by atoms with Crippen LogP contribution in [-0.4, -0.2) is 43.1 Å². The third-order valence-corrected chi connectivity index (χ3v) is 5.93. The normalized spacial score (nSPS) is 34.3. The summed E-state index contributed by atoms with van der Waals surface area (Å²) in [4.78, 5) is 35.7. The molecule has 6 nitrogen and oxygen atoms in total. The monoisotopic (exact) mass is 338 g/mol. The zero-order chi connectivity index (χ0) is 17.5. The Morgan fingerprint density at radius 1 is 1.29 bits per heavy atom. The van der Waals surface area contributed by atoms with E-state index in [4.69, 9.17) is 14.2 Å². The Kier molecular flexibility index (Phi) is 4.69. The summed E-state index contributed by atoms with van der Waals surface area (Å²) in [6.45, 7) is 5.74. The molecule has 5 unspecified atom stereocenters. The van der Waals surface area contributed by atoms with Crippen molar-refractivity contribution >= 4 is 17.7 Å². The molecule has 0 spiro atoms. The molecule has 2 aliphatic carbocycles. The highest BCUT2D eigenvalue weighted by Crippen LogP contribution is 2.53. The van der Waals surface area contributed by atoms with Crippen LogP contribution in [0.25, 0.3) is 0 Å². The Balaban J connectivity index is 1.45. The minimum atomic E-state index is -0.536. The minimum Gasteiger partial charge on any atom is -0.465 e. The van der Waals surface area contributed by atoms with E-state index in [0.29, 0.717) is 6.42 Å². The van der Waals surface area contributed by atoms with E-state index in [0.717, 1.165) is 12.8 Å². The van der Waals surface area contributed by atoms with Gasteiger partial charge in [0.25, 0.3) is 0 Å². The maximum absolute atomic E-state index is 12.1. The first-order chi connectivity index (χ1) is 11.3. The molecule has 0 amide bonds.